The number of halogens is 3. The number of ether oxygens (including phenoxy) is 3. The van der Waals surface area contributed by atoms with Crippen molar-refractivity contribution in [3.05, 3.63) is 154 Å². The molecular formula is C60H69F3N10O10S2Si. The first kappa shape index (κ1) is 63.8. The van der Waals surface area contributed by atoms with Crippen LogP contribution in [-0.4, -0.2) is 107 Å². The summed E-state index contributed by atoms with van der Waals surface area (Å²) in [6, 6.07) is 25.5. The van der Waals surface area contributed by atoms with Gasteiger partial charge in [-0.3, -0.25) is 23.9 Å². The molecule has 1 aliphatic rings. The molecule has 86 heavy (non-hydrogen) atoms. The van der Waals surface area contributed by atoms with Crippen molar-refractivity contribution in [2.75, 3.05) is 23.2 Å². The lowest BCUT2D eigenvalue weighted by molar-refractivity contribution is -0.142. The molecular weight excluding hydrogens is 1170 g/mol. The summed E-state index contributed by atoms with van der Waals surface area (Å²) in [5.74, 6) is -6.34. The number of aromatic nitrogens is 4. The highest BCUT2D eigenvalue weighted by Crippen LogP contribution is 2.39. The first-order chi connectivity index (χ1) is 40.6. The third-order valence-electron chi connectivity index (χ3n) is 14.1. The fourth-order valence-electron chi connectivity index (χ4n) is 9.31. The largest absolute Gasteiger partial charge is 0.487 e. The molecule has 3 aromatic heterocycles. The van der Waals surface area contributed by atoms with Crippen molar-refractivity contribution >= 4 is 70.4 Å². The number of sulfonamides is 1. The van der Waals surface area contributed by atoms with Crippen LogP contribution in [-0.2, 0) is 44.2 Å². The molecule has 4 heterocycles. The fourth-order valence-corrected chi connectivity index (χ4v) is 11.4. The second-order valence-corrected chi connectivity index (χ2v) is 31.2. The van der Waals surface area contributed by atoms with Crippen LogP contribution in [0.4, 0.5) is 30.5 Å². The standard InChI is InChI=1S/C60H69F3N10O10S2Si/c1-35-52(84-33-67-35)40-14-12-37(13-15-40)29-66-57(77)47-28-44(74)31-72(47)58(78)53(60(3,4)5)69-56(76)42-11-9-10-38(26-42)32-82-45-21-23-49(65-30-45)68-55-50(54(64)75)51(70-73(55)34-81-24-25-86(6,7)8)41-18-22-46(71-85(79,80)59(62)63)48(27-41)83-36(2)39-16-19-43(61)20-17-39/h9-23,26-27,30,33,36,44,47,53,59,71,74H,24-25,28-29,31-32,34H2,1-8H3,(H2,64,75)(H,65,68)(H,66,77)(H,69,76)/t36?,44-,47+,53?/m1/s1. The van der Waals surface area contributed by atoms with E-state index in [1.54, 1.807) is 80.9 Å². The van der Waals surface area contributed by atoms with Crippen LogP contribution in [0.15, 0.2) is 115 Å². The quantitative estimate of drug-likeness (QED) is 0.0230. The molecule has 7 N–H and O–H groups in total. The number of aryl methyl sites for hydroxylation is 1. The van der Waals surface area contributed by atoms with Crippen molar-refractivity contribution in [2.45, 2.75) is 117 Å². The topological polar surface area (TPSA) is 271 Å². The van der Waals surface area contributed by atoms with Gasteiger partial charge in [-0.25, -0.2) is 27.5 Å². The minimum absolute atomic E-state index is 0.00950. The van der Waals surface area contributed by atoms with Crippen molar-refractivity contribution in [1.29, 1.82) is 0 Å². The summed E-state index contributed by atoms with van der Waals surface area (Å²) in [5.41, 5.74) is 10.8. The van der Waals surface area contributed by atoms with E-state index in [0.717, 1.165) is 27.7 Å². The van der Waals surface area contributed by atoms with Crippen LogP contribution in [0.5, 0.6) is 11.5 Å². The Labute approximate surface area is 501 Å². The van der Waals surface area contributed by atoms with Gasteiger partial charge in [0.2, 0.25) is 11.8 Å². The Kier molecular flexibility index (Phi) is 20.1. The summed E-state index contributed by atoms with van der Waals surface area (Å²) < 4.78 is 87.3. The van der Waals surface area contributed by atoms with Gasteiger partial charge in [-0.05, 0) is 96.1 Å². The summed E-state index contributed by atoms with van der Waals surface area (Å²) in [5, 5.41) is 24.4. The van der Waals surface area contributed by atoms with E-state index in [2.05, 4.69) is 45.6 Å². The molecule has 2 unspecified atom stereocenters. The summed E-state index contributed by atoms with van der Waals surface area (Å²) in [4.78, 5) is 66.8. The number of thiazole rings is 1. The maximum atomic E-state index is 14.4. The monoisotopic (exact) mass is 1240 g/mol. The van der Waals surface area contributed by atoms with Gasteiger partial charge in [0, 0.05) is 45.3 Å². The van der Waals surface area contributed by atoms with Crippen molar-refractivity contribution in [3.8, 4) is 33.2 Å². The van der Waals surface area contributed by atoms with Gasteiger partial charge < -0.3 is 45.9 Å². The Bertz CT molecular complexity index is 3670. The highest BCUT2D eigenvalue weighted by Gasteiger charge is 2.44. The Morgan fingerprint density at radius 2 is 1.65 bits per heavy atom. The van der Waals surface area contributed by atoms with Gasteiger partial charge in [0.05, 0.1) is 34.1 Å². The number of nitrogens with one attached hydrogen (secondary N) is 4. The lowest BCUT2D eigenvalue weighted by Crippen LogP contribution is -2.57. The van der Waals surface area contributed by atoms with Crippen molar-refractivity contribution in [3.63, 3.8) is 0 Å². The fraction of sp³-hybridized carbons (Fsp3) is 0.350. The van der Waals surface area contributed by atoms with E-state index < -0.39 is 83.0 Å². The van der Waals surface area contributed by atoms with Gasteiger partial charge in [-0.2, -0.15) is 13.9 Å². The normalized spacial score (nSPS) is 15.2. The number of aliphatic hydroxyl groups is 1. The average Bonchev–Trinajstić information content (AvgIpc) is 2.83. The minimum Gasteiger partial charge on any atom is -0.487 e. The SMILES string of the molecule is Cc1ncsc1-c1ccc(CNC(=O)[C@@H]2C[C@@H](O)CN2C(=O)C(NC(=O)c2cccc(COc3ccc(Nc4c(C(N)=O)c(-c5ccc(NS(=O)(=O)C(F)F)c(OC(C)c6ccc(F)cc6)c5)nn4COCC[Si](C)(C)C)nc3)c2)C(C)(C)C)cc1. The van der Waals surface area contributed by atoms with Crippen LogP contribution >= 0.6 is 11.3 Å². The van der Waals surface area contributed by atoms with Crippen molar-refractivity contribution < 1.29 is 60.1 Å². The summed E-state index contributed by atoms with van der Waals surface area (Å²) in [6.45, 7) is 15.8. The highest BCUT2D eigenvalue weighted by atomic mass is 32.2. The molecule has 1 aliphatic heterocycles. The van der Waals surface area contributed by atoms with E-state index in [9.17, 15) is 45.9 Å². The second-order valence-electron chi connectivity index (χ2n) is 23.1. The molecule has 0 spiro atoms. The molecule has 1 saturated heterocycles. The Morgan fingerprint density at radius 3 is 2.29 bits per heavy atom. The Balaban J connectivity index is 0.957. The number of pyridine rings is 1. The first-order valence-corrected chi connectivity index (χ1v) is 33.6. The maximum absolute atomic E-state index is 14.4. The second kappa shape index (κ2) is 27.0. The smallest absolute Gasteiger partial charge is 0.355 e. The van der Waals surface area contributed by atoms with E-state index in [-0.39, 0.29) is 78.3 Å². The van der Waals surface area contributed by atoms with Gasteiger partial charge in [0.25, 0.3) is 21.8 Å². The number of rotatable bonds is 25. The number of amides is 4. The number of anilines is 3. The summed E-state index contributed by atoms with van der Waals surface area (Å²) in [7, 11) is -6.73. The van der Waals surface area contributed by atoms with Gasteiger partial charge in [-0.15, -0.1) is 11.3 Å². The molecule has 8 rings (SSSR count). The number of likely N-dealkylation sites (tertiary alicyclic amines) is 1. The molecule has 0 bridgehead atoms. The van der Waals surface area contributed by atoms with E-state index in [1.165, 1.54) is 58.2 Å². The first-order valence-electron chi connectivity index (χ1n) is 27.5. The molecule has 0 aliphatic carbocycles. The Hall–Kier alpha value is -8.17. The molecule has 4 atom stereocenters. The van der Waals surface area contributed by atoms with E-state index in [1.807, 2.05) is 35.9 Å². The number of carbonyl (C=O) groups excluding carboxylic acids is 4. The highest BCUT2D eigenvalue weighted by molar-refractivity contribution is 7.93. The zero-order valence-electron chi connectivity index (χ0n) is 48.7. The molecule has 20 nitrogen and oxygen atoms in total. The van der Waals surface area contributed by atoms with E-state index in [0.29, 0.717) is 23.5 Å². The number of hydrogen-bond acceptors (Lipinski definition) is 15. The van der Waals surface area contributed by atoms with E-state index in [4.69, 9.17) is 25.0 Å². The maximum Gasteiger partial charge on any atom is 0.355 e. The molecule has 26 heteroatoms. The molecule has 7 aromatic rings. The van der Waals surface area contributed by atoms with Gasteiger partial charge in [0.15, 0.2) is 0 Å². The molecule has 4 amide bonds. The number of benzene rings is 4. The third kappa shape index (κ3) is 16.2. The Morgan fingerprint density at radius 1 is 0.930 bits per heavy atom. The number of nitrogens with two attached hydrogens (primary N) is 1. The molecule has 4 aromatic carbocycles. The van der Waals surface area contributed by atoms with E-state index >= 15 is 0 Å². The van der Waals surface area contributed by atoms with Crippen LogP contribution in [0.3, 0.4) is 0 Å². The molecule has 0 saturated carbocycles. The van der Waals surface area contributed by atoms with Gasteiger partial charge >= 0.3 is 5.76 Å². The molecule has 1 fully saturated rings. The van der Waals surface area contributed by atoms with Gasteiger partial charge in [-0.1, -0.05) is 95.0 Å². The number of alkyl halides is 2. The predicted molar refractivity (Wildman–Crippen MR) is 324 cm³/mol. The predicted octanol–water partition coefficient (Wildman–Crippen LogP) is 9.78. The minimum atomic E-state index is -5.18. The van der Waals surface area contributed by atoms with Crippen LogP contribution in [0.2, 0.25) is 25.7 Å². The number of nitrogens with zero attached hydrogens (tertiary/aromatic N) is 5. The summed E-state index contributed by atoms with van der Waals surface area (Å²) >= 11 is 1.55. The van der Waals surface area contributed by atoms with Crippen LogP contribution in [0.25, 0.3) is 21.7 Å². The van der Waals surface area contributed by atoms with Crippen LogP contribution in [0, 0.1) is 18.2 Å². The lowest BCUT2D eigenvalue weighted by atomic mass is 9.85. The number of aliphatic hydroxyl groups excluding tert-OH is 1. The van der Waals surface area contributed by atoms with Crippen molar-refractivity contribution in [2.24, 2.45) is 11.1 Å². The number of hydrogen-bond donors (Lipinski definition) is 6. The average molecular weight is 1240 g/mol. The zero-order valence-corrected chi connectivity index (χ0v) is 51.3. The van der Waals surface area contributed by atoms with Crippen molar-refractivity contribution in [1.82, 2.24) is 35.3 Å². The lowest BCUT2D eigenvalue weighted by Gasteiger charge is -2.35. The number of carbonyl (C=O) groups is 4. The number of primary amides is 1. The zero-order chi connectivity index (χ0) is 62.3. The third-order valence-corrected chi connectivity index (χ3v) is 17.7. The molecule has 0 radical (unpaired) electrons. The molecule has 456 valence electrons. The van der Waals surface area contributed by atoms with Gasteiger partial charge in [0.1, 0.15) is 71.7 Å². The van der Waals surface area contributed by atoms with Crippen LogP contribution < -0.4 is 35.9 Å². The summed E-state index contributed by atoms with van der Waals surface area (Å²) in [6.07, 6.45) is -0.352. The number of β-amino-alcohol motifs (C(OH)–C–C–N with tert-alkyl or cyclic N) is 1. The van der Waals surface area contributed by atoms with Crippen LogP contribution in [0.1, 0.15) is 83.3 Å².